The number of pyridine rings is 1. The molecule has 1 aliphatic heterocycles. The zero-order chi connectivity index (χ0) is 22.3. The normalized spacial score (nSPS) is 15.9. The largest absolute Gasteiger partial charge is 0.496 e. The second kappa shape index (κ2) is 8.36. The highest BCUT2D eigenvalue weighted by Gasteiger charge is 2.30. The molecular formula is C23H24F3N3O2. The maximum atomic E-state index is 14.7. The van der Waals surface area contributed by atoms with E-state index in [1.165, 1.54) is 17.2 Å². The van der Waals surface area contributed by atoms with Crippen LogP contribution >= 0.6 is 0 Å². The zero-order valence-electron chi connectivity index (χ0n) is 17.5. The molecule has 1 saturated heterocycles. The van der Waals surface area contributed by atoms with Crippen molar-refractivity contribution in [3.63, 3.8) is 0 Å². The van der Waals surface area contributed by atoms with Gasteiger partial charge < -0.3 is 15.3 Å². The number of aryl methyl sites for hydroxylation is 1. The Morgan fingerprint density at radius 1 is 1.19 bits per heavy atom. The molecule has 2 N–H and O–H groups in total. The number of fused-ring (bicyclic) bond motifs is 1. The first kappa shape index (κ1) is 21.4. The number of aromatic nitrogens is 1. The van der Waals surface area contributed by atoms with Gasteiger partial charge in [0.2, 0.25) is 0 Å². The van der Waals surface area contributed by atoms with E-state index >= 15 is 0 Å². The van der Waals surface area contributed by atoms with Gasteiger partial charge in [0.05, 0.1) is 24.2 Å². The summed E-state index contributed by atoms with van der Waals surface area (Å²) in [6, 6.07) is 9.17. The van der Waals surface area contributed by atoms with Crippen molar-refractivity contribution in [2.45, 2.75) is 32.2 Å². The lowest BCUT2D eigenvalue weighted by Crippen LogP contribution is -2.42. The van der Waals surface area contributed by atoms with Gasteiger partial charge in [-0.2, -0.15) is 5.06 Å². The Labute approximate surface area is 178 Å². The highest BCUT2D eigenvalue weighted by molar-refractivity contribution is 5.93. The third-order valence-corrected chi connectivity index (χ3v) is 5.72. The number of hydroxylamine groups is 2. The summed E-state index contributed by atoms with van der Waals surface area (Å²) in [5.74, 6) is -0.0816. The molecular weight excluding hydrogens is 407 g/mol. The molecule has 4 rings (SSSR count). The van der Waals surface area contributed by atoms with Crippen molar-refractivity contribution >= 4 is 16.6 Å². The van der Waals surface area contributed by atoms with Gasteiger partial charge in [-0.15, -0.1) is 0 Å². The molecule has 2 aromatic carbocycles. The third kappa shape index (κ3) is 4.05. The third-order valence-electron chi connectivity index (χ3n) is 5.72. The Hall–Kier alpha value is -2.84. The van der Waals surface area contributed by atoms with Crippen LogP contribution in [0.3, 0.4) is 0 Å². The summed E-state index contributed by atoms with van der Waals surface area (Å²) in [6.07, 6.45) is -2.88. The van der Waals surface area contributed by atoms with Crippen LogP contribution in [0.1, 0.15) is 47.7 Å². The van der Waals surface area contributed by atoms with Crippen LogP contribution in [0.2, 0.25) is 0 Å². The molecule has 0 saturated carbocycles. The van der Waals surface area contributed by atoms with Gasteiger partial charge in [0, 0.05) is 53.0 Å². The molecule has 8 heteroatoms. The summed E-state index contributed by atoms with van der Waals surface area (Å²) in [7, 11) is 1.59. The van der Waals surface area contributed by atoms with E-state index in [0.29, 0.717) is 24.4 Å². The Morgan fingerprint density at radius 2 is 1.90 bits per heavy atom. The quantitative estimate of drug-likeness (QED) is 0.533. The predicted molar refractivity (Wildman–Crippen MR) is 113 cm³/mol. The summed E-state index contributed by atoms with van der Waals surface area (Å²) in [5, 5.41) is 14.9. The van der Waals surface area contributed by atoms with Crippen LogP contribution < -0.4 is 10.1 Å². The fourth-order valence-electron chi connectivity index (χ4n) is 4.05. The maximum absolute atomic E-state index is 14.7. The van der Waals surface area contributed by atoms with E-state index in [-0.39, 0.29) is 11.5 Å². The van der Waals surface area contributed by atoms with Crippen molar-refractivity contribution < 1.29 is 23.1 Å². The number of ether oxygens (including phenoxy) is 1. The van der Waals surface area contributed by atoms with Gasteiger partial charge in [0.25, 0.3) is 6.43 Å². The molecule has 2 heterocycles. The summed E-state index contributed by atoms with van der Waals surface area (Å²) < 4.78 is 46.4. The molecule has 1 aromatic heterocycles. The number of halogens is 3. The average Bonchev–Trinajstić information content (AvgIpc) is 2.70. The minimum atomic E-state index is -2.88. The molecule has 0 aliphatic carbocycles. The van der Waals surface area contributed by atoms with Crippen LogP contribution in [-0.4, -0.2) is 35.5 Å². The van der Waals surface area contributed by atoms with Crippen LogP contribution in [0.15, 0.2) is 36.4 Å². The molecule has 0 bridgehead atoms. The first-order valence-electron chi connectivity index (χ1n) is 10.0. The van der Waals surface area contributed by atoms with Crippen molar-refractivity contribution in [2.75, 3.05) is 25.5 Å². The number of hydrogen-bond acceptors (Lipinski definition) is 5. The highest BCUT2D eigenvalue weighted by Crippen LogP contribution is 2.38. The van der Waals surface area contributed by atoms with Gasteiger partial charge >= 0.3 is 0 Å². The number of nitrogens with zero attached hydrogens (tertiary/aromatic N) is 2. The van der Waals surface area contributed by atoms with E-state index in [1.807, 2.05) is 25.1 Å². The van der Waals surface area contributed by atoms with E-state index in [9.17, 15) is 18.4 Å². The summed E-state index contributed by atoms with van der Waals surface area (Å²) >= 11 is 0. The molecule has 164 valence electrons. The van der Waals surface area contributed by atoms with Gasteiger partial charge in [0.15, 0.2) is 0 Å². The van der Waals surface area contributed by atoms with E-state index in [1.54, 1.807) is 14.0 Å². The molecule has 0 spiro atoms. The second-order valence-corrected chi connectivity index (χ2v) is 7.91. The minimum Gasteiger partial charge on any atom is -0.496 e. The van der Waals surface area contributed by atoms with Crippen molar-refractivity contribution in [1.29, 1.82) is 0 Å². The lowest BCUT2D eigenvalue weighted by Gasteiger charge is -2.35. The van der Waals surface area contributed by atoms with Crippen LogP contribution in [0.5, 0.6) is 5.75 Å². The van der Waals surface area contributed by atoms with Crippen LogP contribution in [0, 0.1) is 12.7 Å². The van der Waals surface area contributed by atoms with Gasteiger partial charge in [-0.3, -0.25) is 4.98 Å². The summed E-state index contributed by atoms with van der Waals surface area (Å²) in [5.41, 5.74) is 2.70. The zero-order valence-corrected chi connectivity index (χ0v) is 17.5. The van der Waals surface area contributed by atoms with E-state index in [2.05, 4.69) is 10.3 Å². The number of hydrogen-bond donors (Lipinski definition) is 2. The fraction of sp³-hybridized carbons (Fsp3) is 0.348. The van der Waals surface area contributed by atoms with Crippen molar-refractivity contribution in [3.8, 4) is 5.75 Å². The lowest BCUT2D eigenvalue weighted by atomic mass is 9.90. The first-order valence-corrected chi connectivity index (χ1v) is 10.0. The van der Waals surface area contributed by atoms with E-state index in [4.69, 9.17) is 4.74 Å². The monoisotopic (exact) mass is 431 g/mol. The Balaban J connectivity index is 1.75. The van der Waals surface area contributed by atoms with Crippen molar-refractivity contribution in [2.24, 2.45) is 0 Å². The van der Waals surface area contributed by atoms with Gasteiger partial charge in [0.1, 0.15) is 11.6 Å². The molecule has 31 heavy (non-hydrogen) atoms. The number of nitrogens with one attached hydrogen (secondary N) is 1. The molecule has 5 nitrogen and oxygen atoms in total. The number of rotatable bonds is 6. The van der Waals surface area contributed by atoms with Crippen LogP contribution in [0.25, 0.3) is 10.9 Å². The topological polar surface area (TPSA) is 57.6 Å². The summed E-state index contributed by atoms with van der Waals surface area (Å²) in [4.78, 5) is 4.59. The Bertz CT molecular complexity index is 1120. The van der Waals surface area contributed by atoms with E-state index in [0.717, 1.165) is 28.4 Å². The number of anilines is 1. The first-order chi connectivity index (χ1) is 14.8. The molecule has 3 aromatic rings. The molecule has 0 radical (unpaired) electrons. The Kier molecular flexibility index (Phi) is 5.77. The standard InChI is InChI=1S/C23H24F3N3O2/c1-12-7-19(28-13(2)15-5-4-6-16(22(15)24)23(25)26)18-8-17(14-10-29(30)11-14)21(31-3)9-20(18)27-12/h4-9,13-14,23,30H,10-11H2,1-3H3,(H,27,28)/t13-/m1/s1. The maximum Gasteiger partial charge on any atom is 0.266 e. The smallest absolute Gasteiger partial charge is 0.266 e. The van der Waals surface area contributed by atoms with Crippen molar-refractivity contribution in [1.82, 2.24) is 10.0 Å². The van der Waals surface area contributed by atoms with Gasteiger partial charge in [-0.05, 0) is 26.0 Å². The SMILES string of the molecule is COc1cc2nc(C)cc(N[C@H](C)c3cccc(C(F)F)c3F)c2cc1C1CN(O)C1. The Morgan fingerprint density at radius 3 is 2.55 bits per heavy atom. The van der Waals surface area contributed by atoms with Crippen molar-refractivity contribution in [3.05, 3.63) is 64.6 Å². The van der Waals surface area contributed by atoms with Crippen LogP contribution in [0.4, 0.5) is 18.9 Å². The average molecular weight is 431 g/mol. The van der Waals surface area contributed by atoms with Gasteiger partial charge in [-0.25, -0.2) is 13.2 Å². The molecule has 1 fully saturated rings. The molecule has 0 amide bonds. The predicted octanol–water partition coefficient (Wildman–Crippen LogP) is 5.59. The number of alkyl halides is 2. The number of methoxy groups -OCH3 is 1. The number of benzene rings is 2. The molecule has 1 aliphatic rings. The van der Waals surface area contributed by atoms with Gasteiger partial charge in [-0.1, -0.05) is 18.2 Å². The summed E-state index contributed by atoms with van der Waals surface area (Å²) in [6.45, 7) is 4.59. The molecule has 0 unspecified atom stereocenters. The minimum absolute atomic E-state index is 0.121. The fourth-order valence-corrected chi connectivity index (χ4v) is 4.05. The van der Waals surface area contributed by atoms with E-state index < -0.39 is 23.8 Å². The molecule has 1 atom stereocenters. The van der Waals surface area contributed by atoms with Crippen LogP contribution in [-0.2, 0) is 0 Å². The lowest BCUT2D eigenvalue weighted by molar-refractivity contribution is -0.149. The highest BCUT2D eigenvalue weighted by atomic mass is 19.3. The second-order valence-electron chi connectivity index (χ2n) is 7.91.